The van der Waals surface area contributed by atoms with Crippen molar-refractivity contribution in [2.24, 2.45) is 11.7 Å². The number of fused-ring (bicyclic) bond motifs is 1. The standard InChI is InChI=1S/C22H23ClFN3O4.ClH/c1-10(28)17(11(2)29)22(31)15-9-27(13-3-4-13)19-14(21(15)30)7-16(24)20(18(19)23)26-6-5-12(25)8-26;/h7,9,12-13,17H,3-6,8,25H2,1-2H3;1H. The minimum absolute atomic E-state index is 0. The quantitative estimate of drug-likeness (QED) is 0.500. The Morgan fingerprint density at radius 2 is 1.81 bits per heavy atom. The Labute approximate surface area is 195 Å². The molecule has 2 aliphatic rings. The van der Waals surface area contributed by atoms with Gasteiger partial charge in [-0.1, -0.05) is 11.6 Å². The Kier molecular flexibility index (Phi) is 6.79. The van der Waals surface area contributed by atoms with Crippen molar-refractivity contribution in [3.05, 3.63) is 38.9 Å². The van der Waals surface area contributed by atoms with Gasteiger partial charge in [-0.15, -0.1) is 12.4 Å². The summed E-state index contributed by atoms with van der Waals surface area (Å²) >= 11 is 6.64. The number of carbonyl (C=O) groups is 3. The highest BCUT2D eigenvalue weighted by Gasteiger charge is 2.35. The summed E-state index contributed by atoms with van der Waals surface area (Å²) in [5.41, 5.74) is 5.46. The van der Waals surface area contributed by atoms with Gasteiger partial charge < -0.3 is 15.2 Å². The van der Waals surface area contributed by atoms with E-state index in [1.165, 1.54) is 6.20 Å². The molecule has 32 heavy (non-hydrogen) atoms. The van der Waals surface area contributed by atoms with E-state index in [0.717, 1.165) is 32.8 Å². The molecular formula is C22H24Cl2FN3O4. The number of aromatic nitrogens is 1. The van der Waals surface area contributed by atoms with E-state index in [-0.39, 0.29) is 46.2 Å². The Bertz CT molecular complexity index is 1180. The highest BCUT2D eigenvalue weighted by molar-refractivity contribution is 6.38. The molecular weight excluding hydrogens is 460 g/mol. The zero-order chi connectivity index (χ0) is 22.6. The van der Waals surface area contributed by atoms with E-state index >= 15 is 4.39 Å². The Morgan fingerprint density at radius 1 is 1.19 bits per heavy atom. The van der Waals surface area contributed by atoms with Crippen molar-refractivity contribution in [2.75, 3.05) is 18.0 Å². The summed E-state index contributed by atoms with van der Waals surface area (Å²) in [6.45, 7) is 3.26. The van der Waals surface area contributed by atoms with Gasteiger partial charge in [-0.25, -0.2) is 4.39 Å². The van der Waals surface area contributed by atoms with E-state index in [4.69, 9.17) is 17.3 Å². The van der Waals surface area contributed by atoms with Crippen LogP contribution >= 0.6 is 24.0 Å². The van der Waals surface area contributed by atoms with Crippen LogP contribution in [0.2, 0.25) is 5.02 Å². The van der Waals surface area contributed by atoms with Crippen molar-refractivity contribution >= 4 is 57.9 Å². The average molecular weight is 484 g/mol. The van der Waals surface area contributed by atoms with Gasteiger partial charge in [-0.3, -0.25) is 19.2 Å². The number of halogens is 3. The van der Waals surface area contributed by atoms with E-state index < -0.39 is 34.5 Å². The fourth-order valence-electron chi connectivity index (χ4n) is 4.34. The number of nitrogens with two attached hydrogens (primary N) is 1. The van der Waals surface area contributed by atoms with Gasteiger partial charge in [-0.05, 0) is 39.2 Å². The van der Waals surface area contributed by atoms with E-state index in [9.17, 15) is 19.2 Å². The molecule has 1 saturated carbocycles. The molecule has 0 radical (unpaired) electrons. The molecule has 1 unspecified atom stereocenters. The van der Waals surface area contributed by atoms with Crippen molar-refractivity contribution in [2.45, 2.75) is 45.2 Å². The topological polar surface area (TPSA) is 102 Å². The second kappa shape index (κ2) is 8.92. The molecule has 0 spiro atoms. The van der Waals surface area contributed by atoms with Crippen LogP contribution in [0.3, 0.4) is 0 Å². The lowest BCUT2D eigenvalue weighted by Crippen LogP contribution is -2.33. The Hall–Kier alpha value is -2.29. The highest BCUT2D eigenvalue weighted by atomic mass is 35.5. The SMILES string of the molecule is CC(=O)C(C(C)=O)C(=O)c1cn(C2CC2)c2c(Cl)c(N3CCC(N)C3)c(F)cc2c1=O.Cl. The zero-order valence-electron chi connectivity index (χ0n) is 17.7. The van der Waals surface area contributed by atoms with Crippen LogP contribution in [0.5, 0.6) is 0 Å². The number of anilines is 1. The van der Waals surface area contributed by atoms with Crippen LogP contribution in [0.25, 0.3) is 10.9 Å². The molecule has 1 aromatic carbocycles. The number of pyridine rings is 1. The molecule has 1 saturated heterocycles. The van der Waals surface area contributed by atoms with Gasteiger partial charge in [-0.2, -0.15) is 0 Å². The first-order valence-electron chi connectivity index (χ1n) is 10.2. The van der Waals surface area contributed by atoms with Crippen LogP contribution in [0.15, 0.2) is 17.1 Å². The molecule has 0 bridgehead atoms. The van der Waals surface area contributed by atoms with Gasteiger partial charge >= 0.3 is 0 Å². The molecule has 1 aliphatic heterocycles. The summed E-state index contributed by atoms with van der Waals surface area (Å²) in [5, 5.41) is 0.0557. The fourth-order valence-corrected chi connectivity index (χ4v) is 4.75. The number of hydrogen-bond donors (Lipinski definition) is 1. The molecule has 7 nitrogen and oxygen atoms in total. The van der Waals surface area contributed by atoms with Crippen LogP contribution in [0, 0.1) is 11.7 Å². The molecule has 172 valence electrons. The highest BCUT2D eigenvalue weighted by Crippen LogP contribution is 2.42. The Balaban J connectivity index is 0.00000289. The molecule has 2 heterocycles. The van der Waals surface area contributed by atoms with E-state index in [1.807, 2.05) is 0 Å². The number of nitrogens with zero attached hydrogens (tertiary/aromatic N) is 2. The molecule has 2 N–H and O–H groups in total. The first kappa shape index (κ1) is 24.4. The van der Waals surface area contributed by atoms with Crippen molar-refractivity contribution in [3.63, 3.8) is 0 Å². The Morgan fingerprint density at radius 3 is 2.31 bits per heavy atom. The predicted octanol–water partition coefficient (Wildman–Crippen LogP) is 3.07. The van der Waals surface area contributed by atoms with Crippen LogP contribution in [0.1, 0.15) is 49.5 Å². The summed E-state index contributed by atoms with van der Waals surface area (Å²) in [6.07, 6.45) is 3.69. The molecule has 10 heteroatoms. The van der Waals surface area contributed by atoms with Gasteiger partial charge in [0.2, 0.25) is 0 Å². The maximum absolute atomic E-state index is 15.1. The van der Waals surface area contributed by atoms with Gasteiger partial charge in [0, 0.05) is 31.4 Å². The van der Waals surface area contributed by atoms with Crippen LogP contribution in [0.4, 0.5) is 10.1 Å². The van der Waals surface area contributed by atoms with Crippen molar-refractivity contribution in [1.82, 2.24) is 4.57 Å². The second-order valence-corrected chi connectivity index (χ2v) is 8.82. The first-order valence-corrected chi connectivity index (χ1v) is 10.6. The lowest BCUT2D eigenvalue weighted by Gasteiger charge is -2.23. The number of ketones is 3. The monoisotopic (exact) mass is 483 g/mol. The number of carbonyl (C=O) groups excluding carboxylic acids is 3. The summed E-state index contributed by atoms with van der Waals surface area (Å²) < 4.78 is 16.8. The minimum atomic E-state index is -1.55. The van der Waals surface area contributed by atoms with E-state index in [1.54, 1.807) is 9.47 Å². The van der Waals surface area contributed by atoms with Gasteiger partial charge in [0.15, 0.2) is 11.2 Å². The predicted molar refractivity (Wildman–Crippen MR) is 123 cm³/mol. The lowest BCUT2D eigenvalue weighted by molar-refractivity contribution is -0.128. The summed E-state index contributed by atoms with van der Waals surface area (Å²) in [7, 11) is 0. The first-order chi connectivity index (χ1) is 14.6. The maximum atomic E-state index is 15.1. The average Bonchev–Trinajstić information content (AvgIpc) is 3.43. The maximum Gasteiger partial charge on any atom is 0.200 e. The largest absolute Gasteiger partial charge is 0.366 e. The summed E-state index contributed by atoms with van der Waals surface area (Å²) in [6, 6.07) is 1.00. The third kappa shape index (κ3) is 4.07. The molecule has 1 aliphatic carbocycles. The third-order valence-corrected chi connectivity index (χ3v) is 6.36. The number of rotatable bonds is 6. The molecule has 1 aromatic heterocycles. The van der Waals surface area contributed by atoms with Crippen LogP contribution in [-0.2, 0) is 9.59 Å². The molecule has 2 fully saturated rings. The number of hydrogen-bond acceptors (Lipinski definition) is 6. The molecule has 2 aromatic rings. The van der Waals surface area contributed by atoms with Crippen LogP contribution in [-0.4, -0.2) is 41.0 Å². The number of benzene rings is 1. The normalized spacial score (nSPS) is 18.2. The third-order valence-electron chi connectivity index (χ3n) is 6.01. The molecule has 1 atom stereocenters. The smallest absolute Gasteiger partial charge is 0.200 e. The second-order valence-electron chi connectivity index (χ2n) is 8.44. The molecule has 4 rings (SSSR count). The van der Waals surface area contributed by atoms with Gasteiger partial charge in [0.1, 0.15) is 23.3 Å². The fraction of sp³-hybridized carbons (Fsp3) is 0.455. The minimum Gasteiger partial charge on any atom is -0.366 e. The van der Waals surface area contributed by atoms with Crippen LogP contribution < -0.4 is 16.1 Å². The van der Waals surface area contributed by atoms with Gasteiger partial charge in [0.05, 0.1) is 27.2 Å². The lowest BCUT2D eigenvalue weighted by atomic mass is 9.91. The summed E-state index contributed by atoms with van der Waals surface area (Å²) in [4.78, 5) is 51.7. The van der Waals surface area contributed by atoms with Crippen molar-refractivity contribution < 1.29 is 18.8 Å². The number of Topliss-reactive ketones (excluding diaryl/α,β-unsaturated/α-hetero) is 3. The molecule has 0 amide bonds. The van der Waals surface area contributed by atoms with Crippen molar-refractivity contribution in [1.29, 1.82) is 0 Å². The van der Waals surface area contributed by atoms with Gasteiger partial charge in [0.25, 0.3) is 0 Å². The summed E-state index contributed by atoms with van der Waals surface area (Å²) in [5.74, 6) is -4.37. The van der Waals surface area contributed by atoms with E-state index in [0.29, 0.717) is 25.0 Å². The van der Waals surface area contributed by atoms with Crippen molar-refractivity contribution in [3.8, 4) is 0 Å². The van der Waals surface area contributed by atoms with E-state index in [2.05, 4.69) is 0 Å². The zero-order valence-corrected chi connectivity index (χ0v) is 19.3.